The number of carbonyl (C=O) groups is 2. The Bertz CT molecular complexity index is 997. The summed E-state index contributed by atoms with van der Waals surface area (Å²) in [6.45, 7) is 0. The number of hydrogen-bond donors (Lipinski definition) is 1. The molecule has 2 N–H and O–H groups in total. The lowest BCUT2D eigenvalue weighted by molar-refractivity contribution is 0.0594. The van der Waals surface area contributed by atoms with Gasteiger partial charge in [0.15, 0.2) is 5.69 Å². The number of hydrogen-bond acceptors (Lipinski definition) is 5. The van der Waals surface area contributed by atoms with Crippen LogP contribution in [-0.2, 0) is 4.74 Å². The van der Waals surface area contributed by atoms with Gasteiger partial charge in [-0.2, -0.15) is 4.39 Å². The highest BCUT2D eigenvalue weighted by atomic mass is 19.1. The Kier molecular flexibility index (Phi) is 4.44. The van der Waals surface area contributed by atoms with Gasteiger partial charge < -0.3 is 10.5 Å². The van der Waals surface area contributed by atoms with Crippen molar-refractivity contribution in [2.75, 3.05) is 7.11 Å². The second-order valence-corrected chi connectivity index (χ2v) is 5.18. The zero-order valence-electron chi connectivity index (χ0n) is 13.4. The number of aromatic nitrogens is 3. The summed E-state index contributed by atoms with van der Waals surface area (Å²) in [5.74, 6) is -3.63. The van der Waals surface area contributed by atoms with E-state index in [4.69, 9.17) is 5.73 Å². The van der Waals surface area contributed by atoms with Crippen LogP contribution in [0.4, 0.5) is 8.78 Å². The molecule has 3 rings (SSSR count). The lowest BCUT2D eigenvalue weighted by atomic mass is 10.1. The maximum Gasteiger partial charge on any atom is 0.358 e. The van der Waals surface area contributed by atoms with E-state index in [9.17, 15) is 18.4 Å². The van der Waals surface area contributed by atoms with Crippen molar-refractivity contribution < 1.29 is 23.1 Å². The van der Waals surface area contributed by atoms with Gasteiger partial charge in [0.05, 0.1) is 12.7 Å². The van der Waals surface area contributed by atoms with Crippen molar-refractivity contribution in [3.05, 3.63) is 66.0 Å². The van der Waals surface area contributed by atoms with Gasteiger partial charge >= 0.3 is 5.97 Å². The molecular weight excluding hydrogens is 346 g/mol. The predicted molar refractivity (Wildman–Crippen MR) is 86.6 cm³/mol. The van der Waals surface area contributed by atoms with E-state index in [0.717, 1.165) is 12.3 Å². The number of primary amides is 1. The summed E-state index contributed by atoms with van der Waals surface area (Å²) in [5.41, 5.74) is 5.36. The molecule has 0 aliphatic carbocycles. The first-order valence-electron chi connectivity index (χ1n) is 7.30. The highest BCUT2D eigenvalue weighted by Gasteiger charge is 2.20. The van der Waals surface area contributed by atoms with E-state index >= 15 is 0 Å². The number of nitrogens with two attached hydrogens (primary N) is 1. The van der Waals surface area contributed by atoms with Crippen molar-refractivity contribution in [1.82, 2.24) is 14.5 Å². The Morgan fingerprint density at radius 3 is 2.65 bits per heavy atom. The molecule has 0 aliphatic heterocycles. The third-order valence-corrected chi connectivity index (χ3v) is 3.59. The standard InChI is InChI=1S/C17H12F2N4O3/c1-26-17(25)12-8-23(16(22-12)15(20)24)10-4-2-3-9(7-10)13-11(18)5-6-21-14(13)19/h2-8H,1H3,(H2,20,24). The van der Waals surface area contributed by atoms with Crippen LogP contribution in [0.3, 0.4) is 0 Å². The number of halogens is 2. The molecule has 26 heavy (non-hydrogen) atoms. The van der Waals surface area contributed by atoms with Gasteiger partial charge in [-0.25, -0.2) is 19.2 Å². The predicted octanol–water partition coefficient (Wildman–Crippen LogP) is 2.10. The van der Waals surface area contributed by atoms with E-state index in [0.29, 0.717) is 5.69 Å². The van der Waals surface area contributed by atoms with Gasteiger partial charge in [-0.3, -0.25) is 9.36 Å². The Morgan fingerprint density at radius 1 is 1.23 bits per heavy atom. The Balaban J connectivity index is 2.16. The minimum absolute atomic E-state index is 0.134. The van der Waals surface area contributed by atoms with Gasteiger partial charge in [0.2, 0.25) is 11.8 Å². The average molecular weight is 358 g/mol. The van der Waals surface area contributed by atoms with E-state index in [1.807, 2.05) is 0 Å². The first-order chi connectivity index (χ1) is 12.4. The molecule has 3 aromatic rings. The molecule has 2 heterocycles. The Labute approximate surface area is 146 Å². The molecule has 0 aliphatic rings. The molecule has 2 aromatic heterocycles. The number of benzene rings is 1. The molecule has 0 radical (unpaired) electrons. The summed E-state index contributed by atoms with van der Waals surface area (Å²) < 4.78 is 33.7. The van der Waals surface area contributed by atoms with Crippen LogP contribution in [0.5, 0.6) is 0 Å². The van der Waals surface area contributed by atoms with Crippen molar-refractivity contribution in [3.63, 3.8) is 0 Å². The number of rotatable bonds is 4. The molecule has 0 unspecified atom stereocenters. The third-order valence-electron chi connectivity index (χ3n) is 3.59. The average Bonchev–Trinajstić information content (AvgIpc) is 3.07. The summed E-state index contributed by atoms with van der Waals surface area (Å²) in [6.07, 6.45) is 2.27. The number of esters is 1. The summed E-state index contributed by atoms with van der Waals surface area (Å²) >= 11 is 0. The van der Waals surface area contributed by atoms with Crippen LogP contribution in [-0.4, -0.2) is 33.5 Å². The fourth-order valence-electron chi connectivity index (χ4n) is 2.44. The third kappa shape index (κ3) is 3.02. The van der Waals surface area contributed by atoms with Crippen molar-refractivity contribution in [2.45, 2.75) is 0 Å². The van der Waals surface area contributed by atoms with Crippen LogP contribution < -0.4 is 5.73 Å². The number of imidazole rings is 1. The molecule has 1 amide bonds. The Morgan fingerprint density at radius 2 is 2.00 bits per heavy atom. The quantitative estimate of drug-likeness (QED) is 0.569. The minimum atomic E-state index is -0.974. The number of pyridine rings is 1. The van der Waals surface area contributed by atoms with Crippen LogP contribution in [0, 0.1) is 11.8 Å². The lowest BCUT2D eigenvalue weighted by Gasteiger charge is -2.09. The molecule has 0 fully saturated rings. The Hall–Kier alpha value is -3.62. The first kappa shape index (κ1) is 17.2. The monoisotopic (exact) mass is 358 g/mol. The number of ether oxygens (including phenoxy) is 1. The maximum absolute atomic E-state index is 14.0. The molecule has 132 valence electrons. The molecule has 7 nitrogen and oxygen atoms in total. The van der Waals surface area contributed by atoms with Crippen molar-refractivity contribution in [3.8, 4) is 16.8 Å². The number of amides is 1. The smallest absolute Gasteiger partial charge is 0.358 e. The zero-order valence-corrected chi connectivity index (χ0v) is 13.4. The second-order valence-electron chi connectivity index (χ2n) is 5.18. The number of methoxy groups -OCH3 is 1. The van der Waals surface area contributed by atoms with Gasteiger partial charge in [0.25, 0.3) is 5.91 Å². The van der Waals surface area contributed by atoms with E-state index < -0.39 is 23.6 Å². The van der Waals surface area contributed by atoms with Crippen LogP contribution in [0.25, 0.3) is 16.8 Å². The highest BCUT2D eigenvalue weighted by Crippen LogP contribution is 2.27. The van der Waals surface area contributed by atoms with Crippen LogP contribution in [0.1, 0.15) is 21.1 Å². The van der Waals surface area contributed by atoms with Crippen LogP contribution >= 0.6 is 0 Å². The minimum Gasteiger partial charge on any atom is -0.464 e. The molecule has 1 aromatic carbocycles. The molecule has 0 spiro atoms. The van der Waals surface area contributed by atoms with E-state index in [2.05, 4.69) is 14.7 Å². The van der Waals surface area contributed by atoms with E-state index in [1.165, 1.54) is 36.1 Å². The maximum atomic E-state index is 14.0. The molecule has 0 bridgehead atoms. The SMILES string of the molecule is COC(=O)c1cn(-c2cccc(-c3c(F)ccnc3F)c2)c(C(N)=O)n1. The lowest BCUT2D eigenvalue weighted by Crippen LogP contribution is -2.17. The summed E-state index contributed by atoms with van der Waals surface area (Å²) in [7, 11) is 1.17. The van der Waals surface area contributed by atoms with Gasteiger partial charge in [0, 0.05) is 18.1 Å². The van der Waals surface area contributed by atoms with Gasteiger partial charge in [-0.15, -0.1) is 0 Å². The topological polar surface area (TPSA) is 100 Å². The fourth-order valence-corrected chi connectivity index (χ4v) is 2.44. The number of nitrogens with zero attached hydrogens (tertiary/aromatic N) is 3. The van der Waals surface area contributed by atoms with Crippen LogP contribution in [0.2, 0.25) is 0 Å². The molecule has 9 heteroatoms. The van der Waals surface area contributed by atoms with Gasteiger partial charge in [-0.1, -0.05) is 12.1 Å². The summed E-state index contributed by atoms with van der Waals surface area (Å²) in [5, 5.41) is 0. The highest BCUT2D eigenvalue weighted by molar-refractivity contribution is 5.93. The first-order valence-corrected chi connectivity index (χ1v) is 7.30. The zero-order chi connectivity index (χ0) is 18.8. The van der Waals surface area contributed by atoms with Crippen LogP contribution in [0.15, 0.2) is 42.7 Å². The van der Waals surface area contributed by atoms with E-state index in [-0.39, 0.29) is 22.6 Å². The summed E-state index contributed by atoms with van der Waals surface area (Å²) in [6, 6.07) is 7.02. The largest absolute Gasteiger partial charge is 0.464 e. The molecule has 0 saturated heterocycles. The second kappa shape index (κ2) is 6.71. The van der Waals surface area contributed by atoms with E-state index in [1.54, 1.807) is 6.07 Å². The van der Waals surface area contributed by atoms with Crippen molar-refractivity contribution in [1.29, 1.82) is 0 Å². The molecule has 0 atom stereocenters. The molecular formula is C17H12F2N4O3. The van der Waals surface area contributed by atoms with Gasteiger partial charge in [-0.05, 0) is 23.8 Å². The summed E-state index contributed by atoms with van der Waals surface area (Å²) in [4.78, 5) is 30.6. The molecule has 0 saturated carbocycles. The van der Waals surface area contributed by atoms with Gasteiger partial charge in [0.1, 0.15) is 5.82 Å². The normalized spacial score (nSPS) is 10.6. The van der Waals surface area contributed by atoms with Crippen molar-refractivity contribution >= 4 is 11.9 Å². The van der Waals surface area contributed by atoms with Crippen molar-refractivity contribution in [2.24, 2.45) is 5.73 Å². The number of carbonyl (C=O) groups excluding carboxylic acids is 2. The fraction of sp³-hybridized carbons (Fsp3) is 0.0588.